The highest BCUT2D eigenvalue weighted by Gasteiger charge is 2.15. The molecule has 2 amide bonds. The molecule has 0 atom stereocenters. The molecule has 2 aromatic rings. The molecule has 0 unspecified atom stereocenters. The van der Waals surface area contributed by atoms with Crippen molar-refractivity contribution in [2.24, 2.45) is 0 Å². The molecule has 1 aromatic heterocycles. The number of hydrogen-bond acceptors (Lipinski definition) is 5. The number of hydrogen-bond donors (Lipinski definition) is 2. The van der Waals surface area contributed by atoms with Crippen molar-refractivity contribution in [3.8, 4) is 5.75 Å². The van der Waals surface area contributed by atoms with E-state index < -0.39 is 6.09 Å². The van der Waals surface area contributed by atoms with E-state index in [1.54, 1.807) is 16.0 Å². The van der Waals surface area contributed by atoms with Gasteiger partial charge >= 0.3 is 6.09 Å². The number of rotatable bonds is 9. The molecule has 0 fully saturated rings. The van der Waals surface area contributed by atoms with Crippen molar-refractivity contribution in [1.29, 1.82) is 0 Å². The van der Waals surface area contributed by atoms with Crippen molar-refractivity contribution in [2.75, 3.05) is 26.3 Å². The van der Waals surface area contributed by atoms with Crippen molar-refractivity contribution in [3.05, 3.63) is 29.5 Å². The summed E-state index contributed by atoms with van der Waals surface area (Å²) in [5, 5.41) is 6.59. The Bertz CT molecular complexity index is 809. The Kier molecular flexibility index (Phi) is 8.55. The summed E-state index contributed by atoms with van der Waals surface area (Å²) in [5.41, 5.74) is 3.47. The highest BCUT2D eigenvalue weighted by Crippen LogP contribution is 2.34. The van der Waals surface area contributed by atoms with Crippen molar-refractivity contribution < 1.29 is 19.1 Å². The van der Waals surface area contributed by atoms with Gasteiger partial charge in [0.05, 0.1) is 18.7 Å². The minimum Gasteiger partial charge on any atom is -0.492 e. The summed E-state index contributed by atoms with van der Waals surface area (Å²) in [6, 6.07) is 5.97. The number of fused-ring (bicyclic) bond motifs is 1. The van der Waals surface area contributed by atoms with Crippen LogP contribution in [0.1, 0.15) is 25.1 Å². The van der Waals surface area contributed by atoms with E-state index in [9.17, 15) is 9.59 Å². The lowest BCUT2D eigenvalue weighted by Crippen LogP contribution is -2.28. The van der Waals surface area contributed by atoms with Crippen LogP contribution >= 0.6 is 30.3 Å². The lowest BCUT2D eigenvalue weighted by molar-refractivity contribution is -0.118. The van der Waals surface area contributed by atoms with Gasteiger partial charge in [0.1, 0.15) is 12.4 Å². The fourth-order valence-electron chi connectivity index (χ4n) is 2.79. The van der Waals surface area contributed by atoms with Crippen LogP contribution in [0.4, 0.5) is 4.79 Å². The van der Waals surface area contributed by atoms with Crippen LogP contribution in [-0.2, 0) is 16.0 Å². The first kappa shape index (κ1) is 21.7. The molecule has 9 heteroatoms. The number of nitrogens with zero attached hydrogens (tertiary/aromatic N) is 1. The quantitative estimate of drug-likeness (QED) is 0.402. The van der Waals surface area contributed by atoms with Crippen LogP contribution in [0, 0.1) is 6.92 Å². The van der Waals surface area contributed by atoms with Crippen molar-refractivity contribution in [1.82, 2.24) is 14.6 Å². The first-order valence-electron chi connectivity index (χ1n) is 8.68. The van der Waals surface area contributed by atoms with Crippen LogP contribution < -0.4 is 15.4 Å². The number of halogens is 1. The molecule has 0 aliphatic heterocycles. The Morgan fingerprint density at radius 1 is 1.26 bits per heavy atom. The van der Waals surface area contributed by atoms with Gasteiger partial charge in [-0.2, -0.15) is 0 Å². The number of benzene rings is 1. The van der Waals surface area contributed by atoms with Crippen LogP contribution in [0.3, 0.4) is 0 Å². The lowest BCUT2D eigenvalue weighted by atomic mass is 10.1. The summed E-state index contributed by atoms with van der Waals surface area (Å²) in [4.78, 5) is 22.4. The van der Waals surface area contributed by atoms with Crippen LogP contribution in [0.2, 0.25) is 0 Å². The monoisotopic (exact) mass is 505 g/mol. The maximum Gasteiger partial charge on any atom is 0.407 e. The lowest BCUT2D eigenvalue weighted by Gasteiger charge is -2.08. The zero-order chi connectivity index (χ0) is 19.8. The second-order valence-corrected chi connectivity index (χ2v) is 7.52. The molecule has 0 bridgehead atoms. The normalized spacial score (nSPS) is 10.7. The highest BCUT2D eigenvalue weighted by atomic mass is 127. The fourth-order valence-corrected chi connectivity index (χ4v) is 4.76. The summed E-state index contributed by atoms with van der Waals surface area (Å²) in [5.74, 6) is 0.710. The van der Waals surface area contributed by atoms with Crippen LogP contribution in [0.5, 0.6) is 5.75 Å². The zero-order valence-corrected chi connectivity index (χ0v) is 18.6. The predicted octanol–water partition coefficient (Wildman–Crippen LogP) is 3.60. The van der Waals surface area contributed by atoms with Gasteiger partial charge in [-0.25, -0.2) is 4.79 Å². The summed E-state index contributed by atoms with van der Waals surface area (Å²) >= 11 is 2.26. The summed E-state index contributed by atoms with van der Waals surface area (Å²) < 4.78 is 12.7. The number of carbonyl (C=O) groups excluding carboxylic acids is 2. The number of carbonyl (C=O) groups is 2. The molecule has 1 heterocycles. The molecule has 0 saturated heterocycles. The Hall–Kier alpha value is -1.62. The highest BCUT2D eigenvalue weighted by molar-refractivity contribution is 14.2. The van der Waals surface area contributed by atoms with Crippen molar-refractivity contribution in [2.45, 2.75) is 27.2 Å². The molecular weight excluding hydrogens is 481 g/mol. The average Bonchev–Trinajstić information content (AvgIpc) is 2.89. The Morgan fingerprint density at radius 3 is 2.70 bits per heavy atom. The molecule has 27 heavy (non-hydrogen) atoms. The summed E-state index contributed by atoms with van der Waals surface area (Å²) in [6.07, 6.45) is 0.309. The van der Waals surface area contributed by atoms with E-state index in [1.807, 2.05) is 18.2 Å². The van der Waals surface area contributed by atoms with Gasteiger partial charge in [-0.05, 0) is 44.0 Å². The number of aromatic nitrogens is 1. The maximum absolute atomic E-state index is 11.3. The van der Waals surface area contributed by atoms with Gasteiger partial charge in [-0.3, -0.25) is 8.77 Å². The molecule has 0 aliphatic rings. The second kappa shape index (κ2) is 10.6. The minimum absolute atomic E-state index is 0.0298. The number of alkyl carbamates (subject to hydrolysis) is 1. The van der Waals surface area contributed by atoms with Gasteiger partial charge in [0.2, 0.25) is 5.91 Å². The number of amides is 2. The third-order valence-corrected chi connectivity index (χ3v) is 5.78. The molecular formula is C18H24IN3O4S. The fraction of sp³-hybridized carbons (Fsp3) is 0.444. The topological polar surface area (TPSA) is 81.6 Å². The second-order valence-electron chi connectivity index (χ2n) is 5.83. The van der Waals surface area contributed by atoms with E-state index in [0.29, 0.717) is 26.3 Å². The Balaban J connectivity index is 2.11. The smallest absolute Gasteiger partial charge is 0.407 e. The third kappa shape index (κ3) is 5.93. The van der Waals surface area contributed by atoms with E-state index >= 15 is 0 Å². The third-order valence-electron chi connectivity index (χ3n) is 3.99. The van der Waals surface area contributed by atoms with E-state index in [1.165, 1.54) is 12.5 Å². The SMILES string of the molecule is CCOC(=O)NCCOc1ccc2c(c1)c(CCNC(C)=O)c(C)n2SI. The van der Waals surface area contributed by atoms with Gasteiger partial charge < -0.3 is 20.1 Å². The van der Waals surface area contributed by atoms with Crippen LogP contribution in [-0.4, -0.2) is 42.3 Å². The van der Waals surface area contributed by atoms with Gasteiger partial charge in [0.25, 0.3) is 0 Å². The molecule has 0 aliphatic carbocycles. The summed E-state index contributed by atoms with van der Waals surface area (Å²) in [7, 11) is 1.62. The molecule has 0 radical (unpaired) electrons. The van der Waals surface area contributed by atoms with E-state index in [0.717, 1.165) is 28.8 Å². The largest absolute Gasteiger partial charge is 0.492 e. The van der Waals surface area contributed by atoms with Gasteiger partial charge in [-0.1, -0.05) is 0 Å². The van der Waals surface area contributed by atoms with Gasteiger partial charge in [0.15, 0.2) is 0 Å². The van der Waals surface area contributed by atoms with E-state index in [4.69, 9.17) is 9.47 Å². The Morgan fingerprint density at radius 2 is 2.04 bits per heavy atom. The molecule has 0 saturated carbocycles. The molecule has 2 rings (SSSR count). The minimum atomic E-state index is -0.441. The first-order chi connectivity index (χ1) is 13.0. The number of nitrogens with one attached hydrogen (secondary N) is 2. The molecule has 2 N–H and O–H groups in total. The van der Waals surface area contributed by atoms with Gasteiger partial charge in [-0.15, -0.1) is 0 Å². The molecule has 1 aromatic carbocycles. The van der Waals surface area contributed by atoms with Crippen LogP contribution in [0.25, 0.3) is 10.9 Å². The van der Waals surface area contributed by atoms with Crippen LogP contribution in [0.15, 0.2) is 18.2 Å². The van der Waals surface area contributed by atoms with E-state index in [2.05, 4.69) is 42.7 Å². The molecule has 0 spiro atoms. The summed E-state index contributed by atoms with van der Waals surface area (Å²) in [6.45, 7) is 7.02. The molecule has 7 nitrogen and oxygen atoms in total. The predicted molar refractivity (Wildman–Crippen MR) is 117 cm³/mol. The van der Waals surface area contributed by atoms with Crippen molar-refractivity contribution in [3.63, 3.8) is 0 Å². The number of ether oxygens (including phenoxy) is 2. The van der Waals surface area contributed by atoms with Crippen molar-refractivity contribution >= 4 is 53.2 Å². The zero-order valence-electron chi connectivity index (χ0n) is 15.6. The first-order valence-corrected chi connectivity index (χ1v) is 12.0. The average molecular weight is 505 g/mol. The standard InChI is InChI=1S/C18H24IN3O4S/c1-4-25-18(24)21-9-10-26-14-5-6-17-16(11-14)15(7-8-20-13(3)23)12(2)22(17)27-19/h5-6,11H,4,7-10H2,1-3H3,(H,20,23)(H,21,24). The van der Waals surface area contributed by atoms with Gasteiger partial charge in [0, 0.05) is 54.9 Å². The Labute approximate surface area is 175 Å². The van der Waals surface area contributed by atoms with E-state index in [-0.39, 0.29) is 5.91 Å². The molecule has 148 valence electrons. The maximum atomic E-state index is 11.3.